The standard InChI is InChI=1S/C11H12.2Li/c1-11(7-8-11)9-10-5-3-2-4-6-10;;/h2-6,9H,1,7-8H2;;/q-2;2*+1. The van der Waals surface area contributed by atoms with E-state index < -0.39 is 0 Å². The normalized spacial score (nSPS) is 16.4. The molecule has 0 radical (unpaired) electrons. The van der Waals surface area contributed by atoms with Gasteiger partial charge in [0.2, 0.25) is 0 Å². The van der Waals surface area contributed by atoms with E-state index in [9.17, 15) is 0 Å². The molecule has 0 heterocycles. The van der Waals surface area contributed by atoms with Crippen LogP contribution < -0.4 is 37.7 Å². The quantitative estimate of drug-likeness (QED) is 0.315. The minimum atomic E-state index is 0. The van der Waals surface area contributed by atoms with Crippen molar-refractivity contribution in [3.8, 4) is 0 Å². The Labute approximate surface area is 105 Å². The van der Waals surface area contributed by atoms with Crippen molar-refractivity contribution in [1.82, 2.24) is 0 Å². The zero-order chi connectivity index (χ0) is 7.73. The molecule has 1 fully saturated rings. The second kappa shape index (κ2) is 5.24. The number of rotatable bonds is 2. The molecule has 13 heavy (non-hydrogen) atoms. The SMILES string of the molecule is [CH2-]C1([CH-]c2ccccc2)CC1.[Li+].[Li+]. The van der Waals surface area contributed by atoms with Gasteiger partial charge in [0.1, 0.15) is 0 Å². The maximum Gasteiger partial charge on any atom is 1.00 e. The molecule has 0 spiro atoms. The summed E-state index contributed by atoms with van der Waals surface area (Å²) in [6.45, 7) is 4.12. The smallest absolute Gasteiger partial charge is 0.345 e. The van der Waals surface area contributed by atoms with Crippen LogP contribution in [0.5, 0.6) is 0 Å². The van der Waals surface area contributed by atoms with Gasteiger partial charge in [0.05, 0.1) is 0 Å². The van der Waals surface area contributed by atoms with Gasteiger partial charge >= 0.3 is 37.7 Å². The van der Waals surface area contributed by atoms with Gasteiger partial charge in [-0.1, -0.05) is 18.9 Å². The van der Waals surface area contributed by atoms with E-state index in [0.29, 0.717) is 0 Å². The van der Waals surface area contributed by atoms with Crippen molar-refractivity contribution in [2.75, 3.05) is 0 Å². The monoisotopic (exact) mass is 158 g/mol. The molecule has 58 valence electrons. The fraction of sp³-hybridized carbons (Fsp3) is 0.273. The van der Waals surface area contributed by atoms with Crippen molar-refractivity contribution in [3.05, 3.63) is 49.2 Å². The zero-order valence-corrected chi connectivity index (χ0v) is 8.59. The van der Waals surface area contributed by atoms with Gasteiger partial charge in [0.15, 0.2) is 0 Å². The van der Waals surface area contributed by atoms with E-state index in [0.717, 1.165) is 0 Å². The van der Waals surface area contributed by atoms with E-state index in [-0.39, 0.29) is 43.1 Å². The minimum absolute atomic E-state index is 0. The van der Waals surface area contributed by atoms with Crippen LogP contribution in [0.1, 0.15) is 18.4 Å². The zero-order valence-electron chi connectivity index (χ0n) is 8.59. The van der Waals surface area contributed by atoms with Crippen LogP contribution in [0.25, 0.3) is 0 Å². The Hall–Kier alpha value is 0.285. The molecule has 1 aliphatic carbocycles. The Kier molecular flexibility index (Phi) is 5.35. The minimum Gasteiger partial charge on any atom is -0.345 e. The summed E-state index contributed by atoms with van der Waals surface area (Å²) in [6, 6.07) is 10.4. The summed E-state index contributed by atoms with van der Waals surface area (Å²) in [4.78, 5) is 0. The first-order valence-corrected chi connectivity index (χ1v) is 4.05. The number of hydrogen-bond acceptors (Lipinski definition) is 0. The Balaban J connectivity index is 0.000000720. The molecule has 0 bridgehead atoms. The molecule has 1 aromatic rings. The van der Waals surface area contributed by atoms with Crippen molar-refractivity contribution < 1.29 is 37.7 Å². The maximum absolute atomic E-state index is 4.12. The van der Waals surface area contributed by atoms with Gasteiger partial charge in [0, 0.05) is 0 Å². The molecule has 0 aliphatic heterocycles. The molecule has 0 aromatic heterocycles. The summed E-state index contributed by atoms with van der Waals surface area (Å²) in [5.41, 5.74) is 1.58. The van der Waals surface area contributed by atoms with E-state index >= 15 is 0 Å². The number of hydrogen-bond donors (Lipinski definition) is 0. The van der Waals surface area contributed by atoms with Crippen molar-refractivity contribution in [2.24, 2.45) is 5.41 Å². The van der Waals surface area contributed by atoms with Crippen LogP contribution in [0.2, 0.25) is 0 Å². The van der Waals surface area contributed by atoms with E-state index in [2.05, 4.69) is 37.6 Å². The second-order valence-electron chi connectivity index (χ2n) is 3.42. The fourth-order valence-electron chi connectivity index (χ4n) is 1.21. The Morgan fingerprint density at radius 3 is 2.08 bits per heavy atom. The Morgan fingerprint density at radius 1 is 1.08 bits per heavy atom. The molecule has 0 atom stereocenters. The first kappa shape index (κ1) is 13.3. The topological polar surface area (TPSA) is 0 Å². The van der Waals surface area contributed by atoms with Crippen LogP contribution in [0.15, 0.2) is 30.3 Å². The summed E-state index contributed by atoms with van der Waals surface area (Å²) in [5, 5.41) is 0. The molecule has 0 N–H and O–H groups in total. The summed E-state index contributed by atoms with van der Waals surface area (Å²) in [7, 11) is 0. The van der Waals surface area contributed by atoms with Gasteiger partial charge in [-0.05, 0) is 0 Å². The van der Waals surface area contributed by atoms with Crippen molar-refractivity contribution in [2.45, 2.75) is 12.8 Å². The summed E-state index contributed by atoms with van der Waals surface area (Å²) in [6.07, 6.45) is 4.77. The van der Waals surface area contributed by atoms with Gasteiger partial charge in [-0.2, -0.15) is 23.1 Å². The first-order chi connectivity index (χ1) is 5.29. The van der Waals surface area contributed by atoms with Crippen LogP contribution >= 0.6 is 0 Å². The molecular weight excluding hydrogens is 146 g/mol. The summed E-state index contributed by atoms with van der Waals surface area (Å²) in [5.74, 6) is 0. The maximum atomic E-state index is 4.12. The van der Waals surface area contributed by atoms with Crippen molar-refractivity contribution in [3.63, 3.8) is 0 Å². The fourth-order valence-corrected chi connectivity index (χ4v) is 1.21. The van der Waals surface area contributed by atoms with Gasteiger partial charge in [-0.15, -0.1) is 12.1 Å². The molecule has 0 saturated heterocycles. The van der Waals surface area contributed by atoms with Crippen LogP contribution in [-0.2, 0) is 0 Å². The molecule has 1 saturated carbocycles. The van der Waals surface area contributed by atoms with Crippen LogP contribution in [0.4, 0.5) is 0 Å². The molecule has 2 rings (SSSR count). The average Bonchev–Trinajstić information content (AvgIpc) is 2.70. The van der Waals surface area contributed by atoms with Crippen molar-refractivity contribution >= 4 is 0 Å². The van der Waals surface area contributed by atoms with E-state index in [1.54, 1.807) is 0 Å². The van der Waals surface area contributed by atoms with Gasteiger partial charge in [-0.3, -0.25) is 0 Å². The second-order valence-corrected chi connectivity index (χ2v) is 3.42. The Bertz CT molecular complexity index is 240. The predicted octanol–water partition coefficient (Wildman–Crippen LogP) is -3.14. The summed E-state index contributed by atoms with van der Waals surface area (Å²) < 4.78 is 0. The van der Waals surface area contributed by atoms with E-state index in [1.165, 1.54) is 18.4 Å². The third-order valence-corrected chi connectivity index (χ3v) is 2.16. The third kappa shape index (κ3) is 3.89. The van der Waals surface area contributed by atoms with E-state index in [1.807, 2.05) is 6.07 Å². The van der Waals surface area contributed by atoms with Crippen LogP contribution in [0, 0.1) is 18.8 Å². The van der Waals surface area contributed by atoms with E-state index in [4.69, 9.17) is 0 Å². The predicted molar refractivity (Wildman–Crippen MR) is 46.9 cm³/mol. The average molecular weight is 158 g/mol. The Morgan fingerprint density at radius 2 is 1.62 bits per heavy atom. The molecular formula is C11H12Li2. The first-order valence-electron chi connectivity index (χ1n) is 4.05. The molecule has 1 aromatic carbocycles. The largest absolute Gasteiger partial charge is 1.00 e. The molecule has 1 aliphatic rings. The van der Waals surface area contributed by atoms with Gasteiger partial charge in [0.25, 0.3) is 0 Å². The summed E-state index contributed by atoms with van der Waals surface area (Å²) >= 11 is 0. The van der Waals surface area contributed by atoms with Gasteiger partial charge in [-0.25, -0.2) is 6.42 Å². The van der Waals surface area contributed by atoms with Crippen LogP contribution in [-0.4, -0.2) is 0 Å². The molecule has 0 unspecified atom stereocenters. The molecule has 2 heteroatoms. The number of benzene rings is 1. The third-order valence-electron chi connectivity index (χ3n) is 2.16. The molecule has 0 amide bonds. The van der Waals surface area contributed by atoms with Crippen LogP contribution in [0.3, 0.4) is 0 Å². The molecule has 0 nitrogen and oxygen atoms in total. The van der Waals surface area contributed by atoms with Crippen molar-refractivity contribution in [1.29, 1.82) is 0 Å². The van der Waals surface area contributed by atoms with Gasteiger partial charge < -0.3 is 6.92 Å².